The number of fused-ring (bicyclic) bond motifs is 1. The SMILES string of the molecule is Cc1cc(C)c2c(n1)SCCN2C(=O)CCC(=O)NCc1cccs1. The van der Waals surface area contributed by atoms with Crippen LogP contribution in [0.1, 0.15) is 29.0 Å². The van der Waals surface area contributed by atoms with Crippen molar-refractivity contribution in [3.8, 4) is 0 Å². The molecule has 0 unspecified atom stereocenters. The summed E-state index contributed by atoms with van der Waals surface area (Å²) in [7, 11) is 0. The van der Waals surface area contributed by atoms with Crippen LogP contribution in [0.5, 0.6) is 0 Å². The van der Waals surface area contributed by atoms with Gasteiger partial charge in [-0.2, -0.15) is 0 Å². The maximum absolute atomic E-state index is 12.6. The highest BCUT2D eigenvalue weighted by atomic mass is 32.2. The standard InChI is InChI=1S/C18H21N3O2S2/c1-12-10-13(2)20-18-17(12)21(7-9-25-18)16(23)6-5-15(22)19-11-14-4-3-8-24-14/h3-4,8,10H,5-7,9,11H2,1-2H3,(H,19,22). The van der Waals surface area contributed by atoms with Crippen molar-refractivity contribution in [3.05, 3.63) is 39.7 Å². The lowest BCUT2D eigenvalue weighted by atomic mass is 10.1. The zero-order valence-electron chi connectivity index (χ0n) is 14.4. The van der Waals surface area contributed by atoms with Crippen molar-refractivity contribution >= 4 is 40.6 Å². The lowest BCUT2D eigenvalue weighted by molar-refractivity contribution is -0.125. The Kier molecular flexibility index (Phi) is 5.75. The van der Waals surface area contributed by atoms with Crippen LogP contribution >= 0.6 is 23.1 Å². The van der Waals surface area contributed by atoms with Crippen LogP contribution in [0.3, 0.4) is 0 Å². The third kappa shape index (κ3) is 4.41. The van der Waals surface area contributed by atoms with Gasteiger partial charge in [-0.3, -0.25) is 9.59 Å². The predicted octanol–water partition coefficient (Wildman–Crippen LogP) is 3.30. The number of carbonyl (C=O) groups is 2. The molecule has 0 spiro atoms. The number of aromatic nitrogens is 1. The Balaban J connectivity index is 1.58. The number of thioether (sulfide) groups is 1. The Hall–Kier alpha value is -1.86. The molecule has 132 valence electrons. The quantitative estimate of drug-likeness (QED) is 0.871. The van der Waals surface area contributed by atoms with Gasteiger partial charge in [-0.15, -0.1) is 23.1 Å². The average Bonchev–Trinajstić information content (AvgIpc) is 3.10. The van der Waals surface area contributed by atoms with E-state index in [0.717, 1.165) is 32.6 Å². The van der Waals surface area contributed by atoms with Gasteiger partial charge < -0.3 is 10.2 Å². The fraction of sp³-hybridized carbons (Fsp3) is 0.389. The molecule has 0 saturated heterocycles. The summed E-state index contributed by atoms with van der Waals surface area (Å²) in [5, 5.41) is 5.76. The van der Waals surface area contributed by atoms with Crippen molar-refractivity contribution in [2.75, 3.05) is 17.2 Å². The van der Waals surface area contributed by atoms with Crippen LogP contribution in [0.15, 0.2) is 28.6 Å². The molecule has 1 aliphatic heterocycles. The molecule has 2 aromatic rings. The van der Waals surface area contributed by atoms with Crippen LogP contribution in [0.25, 0.3) is 0 Å². The van der Waals surface area contributed by atoms with E-state index in [1.165, 1.54) is 0 Å². The number of nitrogens with zero attached hydrogens (tertiary/aromatic N) is 2. The Labute approximate surface area is 155 Å². The van der Waals surface area contributed by atoms with Crippen molar-refractivity contribution in [2.24, 2.45) is 0 Å². The summed E-state index contributed by atoms with van der Waals surface area (Å²) in [6.07, 6.45) is 0.426. The van der Waals surface area contributed by atoms with Gasteiger partial charge in [0.05, 0.1) is 12.2 Å². The number of hydrogen-bond acceptors (Lipinski definition) is 5. The smallest absolute Gasteiger partial charge is 0.227 e. The maximum Gasteiger partial charge on any atom is 0.227 e. The van der Waals surface area contributed by atoms with Crippen LogP contribution in [0, 0.1) is 13.8 Å². The van der Waals surface area contributed by atoms with Crippen molar-refractivity contribution in [3.63, 3.8) is 0 Å². The number of rotatable bonds is 5. The fourth-order valence-electron chi connectivity index (χ4n) is 2.86. The third-order valence-electron chi connectivity index (χ3n) is 4.01. The number of carbonyl (C=O) groups excluding carboxylic acids is 2. The molecule has 2 aromatic heterocycles. The minimum atomic E-state index is -0.0906. The first-order valence-electron chi connectivity index (χ1n) is 8.25. The Morgan fingerprint density at radius 1 is 1.32 bits per heavy atom. The van der Waals surface area contributed by atoms with E-state index in [9.17, 15) is 9.59 Å². The molecular weight excluding hydrogens is 354 g/mol. The Morgan fingerprint density at radius 2 is 2.16 bits per heavy atom. The lowest BCUT2D eigenvalue weighted by Crippen LogP contribution is -2.37. The average molecular weight is 376 g/mol. The van der Waals surface area contributed by atoms with Gasteiger partial charge in [-0.05, 0) is 36.9 Å². The van der Waals surface area contributed by atoms with E-state index in [2.05, 4.69) is 10.3 Å². The van der Waals surface area contributed by atoms with Gasteiger partial charge in [-0.25, -0.2) is 4.98 Å². The molecule has 0 radical (unpaired) electrons. The van der Waals surface area contributed by atoms with Crippen LogP contribution in [-0.2, 0) is 16.1 Å². The van der Waals surface area contributed by atoms with Crippen LogP contribution in [0.4, 0.5) is 5.69 Å². The fourth-order valence-corrected chi connectivity index (χ4v) is 4.59. The second kappa shape index (κ2) is 8.01. The molecule has 0 atom stereocenters. The Morgan fingerprint density at radius 3 is 2.92 bits per heavy atom. The molecule has 3 heterocycles. The van der Waals surface area contributed by atoms with E-state index in [0.29, 0.717) is 13.1 Å². The molecule has 0 bridgehead atoms. The minimum Gasteiger partial charge on any atom is -0.351 e. The zero-order chi connectivity index (χ0) is 17.8. The zero-order valence-corrected chi connectivity index (χ0v) is 16.0. The predicted molar refractivity (Wildman–Crippen MR) is 102 cm³/mol. The molecule has 1 aliphatic rings. The van der Waals surface area contributed by atoms with Gasteiger partial charge in [0.2, 0.25) is 11.8 Å². The molecule has 0 aromatic carbocycles. The van der Waals surface area contributed by atoms with Crippen LogP contribution in [-0.4, -0.2) is 29.1 Å². The summed E-state index contributed by atoms with van der Waals surface area (Å²) >= 11 is 3.29. The van der Waals surface area contributed by atoms with Crippen LogP contribution in [0.2, 0.25) is 0 Å². The number of thiophene rings is 1. The Bertz CT molecular complexity index is 775. The normalized spacial score (nSPS) is 13.4. The number of nitrogens with one attached hydrogen (secondary N) is 1. The van der Waals surface area contributed by atoms with Gasteiger partial charge >= 0.3 is 0 Å². The van der Waals surface area contributed by atoms with Gasteiger partial charge in [0, 0.05) is 35.7 Å². The van der Waals surface area contributed by atoms with Crippen molar-refractivity contribution in [2.45, 2.75) is 38.3 Å². The summed E-state index contributed by atoms with van der Waals surface area (Å²) in [6.45, 7) is 5.16. The number of pyridine rings is 1. The van der Waals surface area contributed by atoms with E-state index in [1.807, 2.05) is 37.4 Å². The lowest BCUT2D eigenvalue weighted by Gasteiger charge is -2.30. The molecule has 0 fully saturated rings. The number of aryl methyl sites for hydroxylation is 2. The number of hydrogen-bond donors (Lipinski definition) is 1. The first kappa shape index (κ1) is 17.9. The highest BCUT2D eigenvalue weighted by Gasteiger charge is 2.26. The molecule has 7 heteroatoms. The molecule has 5 nitrogen and oxygen atoms in total. The summed E-state index contributed by atoms with van der Waals surface area (Å²) in [6, 6.07) is 5.94. The first-order chi connectivity index (χ1) is 12.0. The van der Waals surface area contributed by atoms with E-state index in [-0.39, 0.29) is 24.7 Å². The summed E-state index contributed by atoms with van der Waals surface area (Å²) in [5.74, 6) is 0.729. The minimum absolute atomic E-state index is 0.0124. The number of amides is 2. The molecule has 0 saturated carbocycles. The highest BCUT2D eigenvalue weighted by molar-refractivity contribution is 7.99. The summed E-state index contributed by atoms with van der Waals surface area (Å²) in [5.41, 5.74) is 2.93. The first-order valence-corrected chi connectivity index (χ1v) is 10.1. The van der Waals surface area contributed by atoms with E-state index < -0.39 is 0 Å². The second-order valence-corrected chi connectivity index (χ2v) is 8.10. The number of anilines is 1. The van der Waals surface area contributed by atoms with E-state index in [4.69, 9.17) is 0 Å². The topological polar surface area (TPSA) is 62.3 Å². The molecule has 3 rings (SSSR count). The van der Waals surface area contributed by atoms with Crippen molar-refractivity contribution in [1.29, 1.82) is 0 Å². The maximum atomic E-state index is 12.6. The second-order valence-electron chi connectivity index (χ2n) is 5.98. The third-order valence-corrected chi connectivity index (χ3v) is 5.83. The monoisotopic (exact) mass is 375 g/mol. The van der Waals surface area contributed by atoms with Gasteiger partial charge in [0.25, 0.3) is 0 Å². The molecule has 1 N–H and O–H groups in total. The van der Waals surface area contributed by atoms with E-state index in [1.54, 1.807) is 28.0 Å². The molecule has 25 heavy (non-hydrogen) atoms. The van der Waals surface area contributed by atoms with Gasteiger partial charge in [-0.1, -0.05) is 6.07 Å². The molecule has 0 aliphatic carbocycles. The van der Waals surface area contributed by atoms with Gasteiger partial charge in [0.15, 0.2) is 0 Å². The van der Waals surface area contributed by atoms with Gasteiger partial charge in [0.1, 0.15) is 5.03 Å². The highest BCUT2D eigenvalue weighted by Crippen LogP contribution is 2.36. The van der Waals surface area contributed by atoms with Crippen molar-refractivity contribution in [1.82, 2.24) is 10.3 Å². The van der Waals surface area contributed by atoms with E-state index >= 15 is 0 Å². The van der Waals surface area contributed by atoms with Crippen LogP contribution < -0.4 is 10.2 Å². The molecular formula is C18H21N3O2S2. The largest absolute Gasteiger partial charge is 0.351 e. The van der Waals surface area contributed by atoms with Crippen molar-refractivity contribution < 1.29 is 9.59 Å². The molecule has 2 amide bonds. The summed E-state index contributed by atoms with van der Waals surface area (Å²) in [4.78, 5) is 32.1. The summed E-state index contributed by atoms with van der Waals surface area (Å²) < 4.78 is 0.